The summed E-state index contributed by atoms with van der Waals surface area (Å²) in [7, 11) is 0. The highest BCUT2D eigenvalue weighted by Gasteiger charge is 2.72. The van der Waals surface area contributed by atoms with Crippen LogP contribution < -0.4 is 0 Å². The molecule has 2 saturated heterocycles. The van der Waals surface area contributed by atoms with E-state index in [9.17, 15) is 14.4 Å². The maximum atomic E-state index is 12.6. The van der Waals surface area contributed by atoms with Crippen molar-refractivity contribution in [3.05, 3.63) is 11.6 Å². The number of carbonyl (C=O) groups excluding carboxylic acids is 3. The highest BCUT2D eigenvalue weighted by atomic mass is 16.7. The molecule has 0 unspecified atom stereocenters. The van der Waals surface area contributed by atoms with Gasteiger partial charge in [-0.2, -0.15) is 0 Å². The van der Waals surface area contributed by atoms with E-state index in [1.54, 1.807) is 6.92 Å². The molecule has 7 heteroatoms. The van der Waals surface area contributed by atoms with Crippen molar-refractivity contribution in [1.29, 1.82) is 0 Å². The van der Waals surface area contributed by atoms with E-state index in [1.807, 2.05) is 13.0 Å². The molecule has 0 N–H and O–H groups in total. The van der Waals surface area contributed by atoms with Crippen molar-refractivity contribution in [2.45, 2.75) is 76.3 Å². The molecule has 4 atom stereocenters. The number of ketones is 1. The van der Waals surface area contributed by atoms with E-state index in [1.165, 1.54) is 13.8 Å². The molecule has 26 heavy (non-hydrogen) atoms. The van der Waals surface area contributed by atoms with Crippen LogP contribution in [-0.4, -0.2) is 53.8 Å². The van der Waals surface area contributed by atoms with Gasteiger partial charge in [-0.1, -0.05) is 6.08 Å². The zero-order chi connectivity index (χ0) is 19.2. The Bertz CT molecular complexity index is 669. The summed E-state index contributed by atoms with van der Waals surface area (Å²) in [6, 6.07) is 0. The highest BCUT2D eigenvalue weighted by molar-refractivity contribution is 5.95. The van der Waals surface area contributed by atoms with Crippen LogP contribution in [0.15, 0.2) is 11.6 Å². The molecule has 1 spiro atoms. The van der Waals surface area contributed by atoms with Gasteiger partial charge >= 0.3 is 11.9 Å². The quantitative estimate of drug-likeness (QED) is 0.554. The summed E-state index contributed by atoms with van der Waals surface area (Å²) in [5, 5.41) is 0. The van der Waals surface area contributed by atoms with Gasteiger partial charge in [0.1, 0.15) is 30.0 Å². The Labute approximate surface area is 153 Å². The van der Waals surface area contributed by atoms with Gasteiger partial charge in [0, 0.05) is 26.7 Å². The van der Waals surface area contributed by atoms with Crippen molar-refractivity contribution in [2.24, 2.45) is 0 Å². The molecule has 2 aliphatic heterocycles. The minimum absolute atomic E-state index is 0.0321. The first kappa shape index (κ1) is 19.0. The van der Waals surface area contributed by atoms with Crippen LogP contribution in [-0.2, 0) is 33.3 Å². The Balaban J connectivity index is 1.79. The molecule has 2 fully saturated rings. The van der Waals surface area contributed by atoms with E-state index in [2.05, 4.69) is 0 Å². The van der Waals surface area contributed by atoms with E-state index in [0.717, 1.165) is 0 Å². The molecule has 3 aliphatic rings. The molecule has 0 aromatic rings. The number of hydrogen-bond acceptors (Lipinski definition) is 7. The van der Waals surface area contributed by atoms with Crippen LogP contribution in [0.5, 0.6) is 0 Å². The summed E-state index contributed by atoms with van der Waals surface area (Å²) >= 11 is 0. The highest BCUT2D eigenvalue weighted by Crippen LogP contribution is 2.59. The average Bonchev–Trinajstić information content (AvgIpc) is 3.38. The SMILES string of the molecule is CC(=O)OC[C@]12CC/C=C(\C)C(=O)C[C@]3(C[C@@H]1O2)O[C@]3(C)COC(C)=O. The number of epoxide rings is 2. The molecule has 7 nitrogen and oxygen atoms in total. The zero-order valence-electron chi connectivity index (χ0n) is 15.8. The van der Waals surface area contributed by atoms with E-state index in [4.69, 9.17) is 18.9 Å². The van der Waals surface area contributed by atoms with Crippen LogP contribution in [0.25, 0.3) is 0 Å². The van der Waals surface area contributed by atoms with Crippen molar-refractivity contribution in [3.63, 3.8) is 0 Å². The predicted octanol–water partition coefficient (Wildman–Crippen LogP) is 1.87. The van der Waals surface area contributed by atoms with Gasteiger partial charge in [0.15, 0.2) is 5.78 Å². The fourth-order valence-electron chi connectivity index (χ4n) is 3.82. The third-order valence-corrected chi connectivity index (χ3v) is 5.74. The predicted molar refractivity (Wildman–Crippen MR) is 90.3 cm³/mol. The number of carbonyl (C=O) groups is 3. The molecule has 0 saturated carbocycles. The summed E-state index contributed by atoms with van der Waals surface area (Å²) in [5.74, 6) is -0.694. The van der Waals surface area contributed by atoms with E-state index >= 15 is 0 Å². The van der Waals surface area contributed by atoms with E-state index < -0.39 is 16.8 Å². The van der Waals surface area contributed by atoms with Crippen LogP contribution in [0.4, 0.5) is 0 Å². The number of rotatable bonds is 4. The number of ether oxygens (including phenoxy) is 4. The van der Waals surface area contributed by atoms with Crippen molar-refractivity contribution < 1.29 is 33.3 Å². The van der Waals surface area contributed by atoms with Gasteiger partial charge < -0.3 is 18.9 Å². The monoisotopic (exact) mass is 366 g/mol. The van der Waals surface area contributed by atoms with Crippen molar-refractivity contribution in [1.82, 2.24) is 0 Å². The van der Waals surface area contributed by atoms with Gasteiger partial charge in [-0.05, 0) is 32.3 Å². The fraction of sp³-hybridized carbons (Fsp3) is 0.737. The Kier molecular flexibility index (Phi) is 4.73. The molecular formula is C19H26O7. The maximum Gasteiger partial charge on any atom is 0.302 e. The van der Waals surface area contributed by atoms with Gasteiger partial charge in [0.05, 0.1) is 6.10 Å². The van der Waals surface area contributed by atoms with Crippen molar-refractivity contribution >= 4 is 17.7 Å². The second-order valence-electron chi connectivity index (χ2n) is 7.79. The molecular weight excluding hydrogens is 340 g/mol. The summed E-state index contributed by atoms with van der Waals surface area (Å²) < 4.78 is 22.3. The standard InChI is InChI=1S/C19H26O7/c1-12-6-5-7-18(11-24-14(3)21)16(25-18)9-19(8-15(12)22)17(4,26-19)10-23-13(2)20/h6,16H,5,7-11H2,1-4H3/b12-6+/t16-,17+,18+,19+/m0/s1. The second kappa shape index (κ2) is 6.46. The van der Waals surface area contributed by atoms with Crippen LogP contribution in [0.2, 0.25) is 0 Å². The van der Waals surface area contributed by atoms with Gasteiger partial charge in [-0.15, -0.1) is 0 Å². The molecule has 2 heterocycles. The molecule has 0 bridgehead atoms. The first-order valence-electron chi connectivity index (χ1n) is 8.96. The number of esters is 2. The molecule has 0 radical (unpaired) electrons. The lowest BCUT2D eigenvalue weighted by atomic mass is 9.81. The Hall–Kier alpha value is -1.73. The Morgan fingerprint density at radius 3 is 2.54 bits per heavy atom. The number of allylic oxidation sites excluding steroid dienone is 2. The third kappa shape index (κ3) is 3.55. The lowest BCUT2D eigenvalue weighted by Gasteiger charge is -2.19. The smallest absolute Gasteiger partial charge is 0.302 e. The van der Waals surface area contributed by atoms with Crippen LogP contribution in [0.1, 0.15) is 53.4 Å². The van der Waals surface area contributed by atoms with Crippen LogP contribution >= 0.6 is 0 Å². The third-order valence-electron chi connectivity index (χ3n) is 5.74. The first-order valence-corrected chi connectivity index (χ1v) is 8.96. The molecule has 3 rings (SSSR count). The molecule has 0 aromatic carbocycles. The minimum atomic E-state index is -0.728. The molecule has 0 amide bonds. The molecule has 1 aliphatic carbocycles. The fourth-order valence-corrected chi connectivity index (χ4v) is 3.82. The first-order chi connectivity index (χ1) is 12.1. The summed E-state index contributed by atoms with van der Waals surface area (Å²) in [5.41, 5.74) is -1.28. The van der Waals surface area contributed by atoms with E-state index in [-0.39, 0.29) is 43.5 Å². The summed E-state index contributed by atoms with van der Waals surface area (Å²) in [4.78, 5) is 34.9. The number of fused-ring (bicyclic) bond motifs is 1. The number of Topliss-reactive ketones (excluding diaryl/α,β-unsaturated/α-hetero) is 1. The van der Waals surface area contributed by atoms with Gasteiger partial charge in [-0.25, -0.2) is 0 Å². The van der Waals surface area contributed by atoms with Crippen molar-refractivity contribution in [3.8, 4) is 0 Å². The molecule has 0 aromatic heterocycles. The minimum Gasteiger partial charge on any atom is -0.463 e. The van der Waals surface area contributed by atoms with Crippen molar-refractivity contribution in [2.75, 3.05) is 13.2 Å². The van der Waals surface area contributed by atoms with Gasteiger partial charge in [0.25, 0.3) is 0 Å². The lowest BCUT2D eigenvalue weighted by molar-refractivity contribution is -0.143. The summed E-state index contributed by atoms with van der Waals surface area (Å²) in [6.07, 6.45) is 3.84. The van der Waals surface area contributed by atoms with Crippen LogP contribution in [0.3, 0.4) is 0 Å². The normalized spacial score (nSPS) is 40.8. The zero-order valence-corrected chi connectivity index (χ0v) is 15.8. The second-order valence-corrected chi connectivity index (χ2v) is 7.79. The molecule has 144 valence electrons. The largest absolute Gasteiger partial charge is 0.463 e. The Morgan fingerprint density at radius 1 is 1.23 bits per heavy atom. The van der Waals surface area contributed by atoms with E-state index in [0.29, 0.717) is 24.8 Å². The average molecular weight is 366 g/mol. The van der Waals surface area contributed by atoms with Gasteiger partial charge in [-0.3, -0.25) is 14.4 Å². The topological polar surface area (TPSA) is 94.7 Å². The number of hydrogen-bond donors (Lipinski definition) is 0. The Morgan fingerprint density at radius 2 is 1.88 bits per heavy atom. The maximum absolute atomic E-state index is 12.6. The lowest BCUT2D eigenvalue weighted by Crippen LogP contribution is -2.35. The van der Waals surface area contributed by atoms with Crippen LogP contribution in [0, 0.1) is 0 Å². The summed E-state index contributed by atoms with van der Waals surface area (Å²) in [6.45, 7) is 6.67. The van der Waals surface area contributed by atoms with Gasteiger partial charge in [0.2, 0.25) is 0 Å².